The van der Waals surface area contributed by atoms with Crippen molar-refractivity contribution in [3.05, 3.63) is 58.7 Å². The lowest BCUT2D eigenvalue weighted by atomic mass is 9.82. The molecule has 0 radical (unpaired) electrons. The minimum absolute atomic E-state index is 0.0385. The zero-order valence-corrected chi connectivity index (χ0v) is 17.5. The Morgan fingerprint density at radius 2 is 1.44 bits per heavy atom. The molecule has 10 heteroatoms. The molecule has 0 fully saturated rings. The van der Waals surface area contributed by atoms with Gasteiger partial charge >= 0.3 is 5.97 Å². The number of hydrogen-bond acceptors (Lipinski definition) is 10. The second-order valence-corrected chi connectivity index (χ2v) is 8.31. The summed E-state index contributed by atoms with van der Waals surface area (Å²) in [5.74, 6) is -3.98. The fraction of sp³-hybridized carbons (Fsp3) is 0.208. The summed E-state index contributed by atoms with van der Waals surface area (Å²) < 4.78 is 11.4. The van der Waals surface area contributed by atoms with E-state index in [4.69, 9.17) is 9.47 Å². The van der Waals surface area contributed by atoms with Crippen molar-refractivity contribution in [2.45, 2.75) is 31.0 Å². The fourth-order valence-corrected chi connectivity index (χ4v) is 4.50. The second kappa shape index (κ2) is 7.63. The van der Waals surface area contributed by atoms with Crippen LogP contribution in [-0.2, 0) is 11.2 Å². The molecule has 34 heavy (non-hydrogen) atoms. The molecule has 0 bridgehead atoms. The Balaban J connectivity index is 1.67. The van der Waals surface area contributed by atoms with E-state index in [1.54, 1.807) is 0 Å². The van der Waals surface area contributed by atoms with Crippen molar-refractivity contribution in [1.29, 1.82) is 0 Å². The largest absolute Gasteiger partial charge is 0.507 e. The molecule has 0 amide bonds. The van der Waals surface area contributed by atoms with Crippen LogP contribution in [0.15, 0.2) is 36.4 Å². The molecule has 3 atom stereocenters. The lowest BCUT2D eigenvalue weighted by Crippen LogP contribution is -2.32. The van der Waals surface area contributed by atoms with Crippen molar-refractivity contribution in [2.24, 2.45) is 0 Å². The Labute approximate surface area is 192 Å². The third kappa shape index (κ3) is 3.35. The zero-order chi connectivity index (χ0) is 24.3. The molecule has 0 saturated carbocycles. The van der Waals surface area contributed by atoms with Crippen LogP contribution in [0, 0.1) is 0 Å². The fourth-order valence-electron chi connectivity index (χ4n) is 4.50. The summed E-state index contributed by atoms with van der Waals surface area (Å²) in [6, 6.07) is 7.66. The van der Waals surface area contributed by atoms with E-state index in [2.05, 4.69) is 0 Å². The highest BCUT2D eigenvalue weighted by Crippen LogP contribution is 2.53. The van der Waals surface area contributed by atoms with Crippen LogP contribution in [0.4, 0.5) is 0 Å². The summed E-state index contributed by atoms with van der Waals surface area (Å²) in [6.07, 6.45) is -2.49. The number of benzene rings is 3. The van der Waals surface area contributed by atoms with Crippen molar-refractivity contribution in [3.8, 4) is 46.0 Å². The Morgan fingerprint density at radius 3 is 2.12 bits per heavy atom. The van der Waals surface area contributed by atoms with Crippen LogP contribution in [0.2, 0.25) is 0 Å². The molecular weight excluding hydrogens is 448 g/mol. The molecule has 0 aliphatic carbocycles. The number of aliphatic hydroxyl groups excluding tert-OH is 1. The molecule has 2 heterocycles. The van der Waals surface area contributed by atoms with Crippen LogP contribution in [0.25, 0.3) is 0 Å². The molecule has 0 aromatic heterocycles. The van der Waals surface area contributed by atoms with Crippen LogP contribution in [0.3, 0.4) is 0 Å². The molecule has 5 rings (SSSR count). The maximum absolute atomic E-state index is 12.3. The zero-order valence-electron chi connectivity index (χ0n) is 17.5. The third-order valence-corrected chi connectivity index (χ3v) is 6.13. The minimum Gasteiger partial charge on any atom is -0.507 e. The van der Waals surface area contributed by atoms with E-state index in [9.17, 15) is 40.5 Å². The lowest BCUT2D eigenvalue weighted by molar-refractivity contribution is -0.135. The molecule has 0 saturated heterocycles. The number of phenolic OH excluding ortho intramolecular Hbond substituents is 6. The van der Waals surface area contributed by atoms with E-state index in [0.717, 1.165) is 12.1 Å². The molecule has 3 aromatic rings. The topological polar surface area (TPSA) is 177 Å². The molecule has 2 aliphatic rings. The number of phenols is 6. The first kappa shape index (κ1) is 21.5. The van der Waals surface area contributed by atoms with Gasteiger partial charge in [0.1, 0.15) is 17.2 Å². The first-order valence-corrected chi connectivity index (χ1v) is 10.3. The Kier molecular flexibility index (Phi) is 4.83. The predicted molar refractivity (Wildman–Crippen MR) is 114 cm³/mol. The van der Waals surface area contributed by atoms with Gasteiger partial charge in [-0.15, -0.1) is 0 Å². The number of ether oxygens (including phenoxy) is 2. The van der Waals surface area contributed by atoms with Crippen molar-refractivity contribution in [3.63, 3.8) is 0 Å². The predicted octanol–water partition coefficient (Wildman–Crippen LogP) is 2.40. The van der Waals surface area contributed by atoms with Gasteiger partial charge in [0.25, 0.3) is 0 Å². The average Bonchev–Trinajstić information content (AvgIpc) is 2.78. The van der Waals surface area contributed by atoms with Gasteiger partial charge in [-0.25, -0.2) is 0 Å². The number of carbonyl (C=O) groups excluding carboxylic acids is 1. The van der Waals surface area contributed by atoms with Crippen molar-refractivity contribution >= 4 is 5.97 Å². The van der Waals surface area contributed by atoms with E-state index in [1.807, 2.05) is 0 Å². The summed E-state index contributed by atoms with van der Waals surface area (Å²) in [7, 11) is 0. The Morgan fingerprint density at radius 1 is 0.765 bits per heavy atom. The Bertz CT molecular complexity index is 1310. The highest BCUT2D eigenvalue weighted by molar-refractivity contribution is 5.80. The molecule has 10 nitrogen and oxygen atoms in total. The maximum Gasteiger partial charge on any atom is 0.312 e. The van der Waals surface area contributed by atoms with Gasteiger partial charge in [0.15, 0.2) is 34.9 Å². The number of hydrogen-bond donors (Lipinski definition) is 7. The van der Waals surface area contributed by atoms with Gasteiger partial charge in [0.2, 0.25) is 0 Å². The number of esters is 1. The van der Waals surface area contributed by atoms with E-state index in [-0.39, 0.29) is 52.7 Å². The summed E-state index contributed by atoms with van der Waals surface area (Å²) in [5.41, 5.74) is 1.30. The summed E-state index contributed by atoms with van der Waals surface area (Å²) >= 11 is 0. The number of carbonyl (C=O) groups is 1. The van der Waals surface area contributed by atoms with Gasteiger partial charge in [-0.3, -0.25) is 4.79 Å². The second-order valence-electron chi connectivity index (χ2n) is 8.31. The molecule has 2 aliphatic heterocycles. The molecule has 0 spiro atoms. The van der Waals surface area contributed by atoms with Crippen molar-refractivity contribution in [2.75, 3.05) is 0 Å². The van der Waals surface area contributed by atoms with Crippen LogP contribution >= 0.6 is 0 Å². The van der Waals surface area contributed by atoms with Crippen LogP contribution in [-0.4, -0.2) is 47.8 Å². The first-order valence-electron chi connectivity index (χ1n) is 10.3. The first-order chi connectivity index (χ1) is 16.1. The van der Waals surface area contributed by atoms with Gasteiger partial charge in [-0.1, -0.05) is 6.07 Å². The van der Waals surface area contributed by atoms with E-state index in [0.29, 0.717) is 11.1 Å². The van der Waals surface area contributed by atoms with Gasteiger partial charge in [-0.2, -0.15) is 0 Å². The quantitative estimate of drug-likeness (QED) is 0.168. The average molecular weight is 468 g/mol. The summed E-state index contributed by atoms with van der Waals surface area (Å²) in [4.78, 5) is 12.3. The van der Waals surface area contributed by atoms with Gasteiger partial charge in [0.05, 0.1) is 12.5 Å². The molecule has 7 N–H and O–H groups in total. The number of aromatic hydroxyl groups is 6. The van der Waals surface area contributed by atoms with Crippen LogP contribution in [0.5, 0.6) is 46.0 Å². The SMILES string of the molecule is O=C1CC(c2ccc(O)c(O)c2)c2c(cc(O)c3c2OC(c2cc(O)c(O)c(O)c2)C(O)C3)O1. The standard InChI is InChI=1S/C24H20O10/c25-13-2-1-9(3-15(13)27)11-7-20(31)33-19-8-14(26)12-6-18(30)23(34-24(12)21(11)19)10-4-16(28)22(32)17(29)5-10/h1-5,8,11,18,23,25-30,32H,6-7H2. The van der Waals surface area contributed by atoms with Gasteiger partial charge in [0, 0.05) is 35.1 Å². The lowest BCUT2D eigenvalue weighted by Gasteiger charge is -2.36. The van der Waals surface area contributed by atoms with E-state index < -0.39 is 41.3 Å². The Hall–Kier alpha value is -4.31. The number of rotatable bonds is 2. The van der Waals surface area contributed by atoms with Gasteiger partial charge in [-0.05, 0) is 29.8 Å². The summed E-state index contributed by atoms with van der Waals surface area (Å²) in [6.45, 7) is 0. The van der Waals surface area contributed by atoms with Crippen LogP contribution < -0.4 is 9.47 Å². The number of fused-ring (bicyclic) bond motifs is 3. The van der Waals surface area contributed by atoms with Crippen LogP contribution in [0.1, 0.15) is 40.7 Å². The monoisotopic (exact) mass is 468 g/mol. The van der Waals surface area contributed by atoms with Crippen molar-refractivity contribution < 1.29 is 50.0 Å². The molecule has 3 unspecified atom stereocenters. The van der Waals surface area contributed by atoms with Crippen molar-refractivity contribution in [1.82, 2.24) is 0 Å². The molecule has 3 aromatic carbocycles. The van der Waals surface area contributed by atoms with Gasteiger partial charge < -0.3 is 45.2 Å². The summed E-state index contributed by atoms with van der Waals surface area (Å²) in [5, 5.41) is 70.4. The normalized spacial score (nSPS) is 21.2. The third-order valence-electron chi connectivity index (χ3n) is 6.13. The van der Waals surface area contributed by atoms with E-state index in [1.165, 1.54) is 24.3 Å². The molecular formula is C24H20O10. The minimum atomic E-state index is -1.19. The molecule has 176 valence electrons. The van der Waals surface area contributed by atoms with E-state index >= 15 is 0 Å². The highest BCUT2D eigenvalue weighted by Gasteiger charge is 2.40. The smallest absolute Gasteiger partial charge is 0.312 e. The maximum atomic E-state index is 12.3. The number of aliphatic hydroxyl groups is 1. The highest BCUT2D eigenvalue weighted by atomic mass is 16.5.